The molecule has 28 heavy (non-hydrogen) atoms. The monoisotopic (exact) mass is 432 g/mol. The number of benzene rings is 1. The van der Waals surface area contributed by atoms with Crippen molar-refractivity contribution in [3.8, 4) is 0 Å². The summed E-state index contributed by atoms with van der Waals surface area (Å²) in [5.41, 5.74) is -0.285. The quantitative estimate of drug-likeness (QED) is 0.534. The Morgan fingerprint density at radius 3 is 2.75 bits per heavy atom. The summed E-state index contributed by atoms with van der Waals surface area (Å²) in [6.45, 7) is 2.33. The Hall–Kier alpha value is -1.75. The smallest absolute Gasteiger partial charge is 0.270 e. The van der Waals surface area contributed by atoms with E-state index >= 15 is 0 Å². The second kappa shape index (κ2) is 9.17. The lowest BCUT2D eigenvalue weighted by Crippen LogP contribution is -2.47. The number of likely N-dealkylation sites (tertiary alicyclic amines) is 1. The van der Waals surface area contributed by atoms with Crippen LogP contribution in [0.3, 0.4) is 0 Å². The number of carbonyl (C=O) groups excluding carboxylic acids is 1. The van der Waals surface area contributed by atoms with E-state index in [-0.39, 0.29) is 35.4 Å². The molecule has 11 heteroatoms. The van der Waals surface area contributed by atoms with Gasteiger partial charge in [-0.3, -0.25) is 14.9 Å². The minimum Gasteiger partial charge on any atom is -0.341 e. The number of nitrogens with zero attached hydrogens (tertiary/aromatic N) is 3. The van der Waals surface area contributed by atoms with Gasteiger partial charge in [-0.2, -0.15) is 4.31 Å². The zero-order valence-electron chi connectivity index (χ0n) is 15.6. The first kappa shape index (κ1) is 22.5. The number of nitro groups is 1. The summed E-state index contributed by atoms with van der Waals surface area (Å²) < 4.78 is 27.3. The van der Waals surface area contributed by atoms with Gasteiger partial charge in [-0.05, 0) is 44.8 Å². The van der Waals surface area contributed by atoms with Crippen LogP contribution in [0.1, 0.15) is 19.3 Å². The third-order valence-electron chi connectivity index (χ3n) is 5.21. The highest BCUT2D eigenvalue weighted by Crippen LogP contribution is 2.30. The number of nitrogens with one attached hydrogen (secondary N) is 1. The molecule has 2 unspecified atom stereocenters. The van der Waals surface area contributed by atoms with Crippen LogP contribution < -0.4 is 5.32 Å². The summed E-state index contributed by atoms with van der Waals surface area (Å²) >= 11 is 0. The average Bonchev–Trinajstić information content (AvgIpc) is 3.31. The maximum absolute atomic E-state index is 13.0. The molecule has 1 amide bonds. The molecule has 156 valence electrons. The van der Waals surface area contributed by atoms with Crippen LogP contribution in [0, 0.1) is 16.0 Å². The molecule has 1 aromatic carbocycles. The van der Waals surface area contributed by atoms with Crippen LogP contribution in [0.4, 0.5) is 5.69 Å². The Labute approximate surface area is 170 Å². The van der Waals surface area contributed by atoms with Crippen LogP contribution in [0.15, 0.2) is 29.2 Å². The molecule has 2 aliphatic rings. The van der Waals surface area contributed by atoms with Crippen molar-refractivity contribution in [2.24, 2.45) is 5.92 Å². The van der Waals surface area contributed by atoms with Gasteiger partial charge in [-0.1, -0.05) is 6.07 Å². The fraction of sp³-hybridized carbons (Fsp3) is 0.588. The van der Waals surface area contributed by atoms with Gasteiger partial charge in [0, 0.05) is 31.8 Å². The molecule has 2 saturated heterocycles. The molecule has 0 aromatic heterocycles. The normalized spacial score (nSPS) is 22.8. The molecule has 2 aliphatic heterocycles. The molecule has 2 fully saturated rings. The zero-order valence-corrected chi connectivity index (χ0v) is 17.2. The van der Waals surface area contributed by atoms with Gasteiger partial charge in [0.1, 0.15) is 6.04 Å². The van der Waals surface area contributed by atoms with Crippen molar-refractivity contribution >= 4 is 34.0 Å². The second-order valence-corrected chi connectivity index (χ2v) is 8.92. The van der Waals surface area contributed by atoms with E-state index in [2.05, 4.69) is 5.32 Å². The second-order valence-electron chi connectivity index (χ2n) is 7.02. The maximum atomic E-state index is 13.0. The lowest BCUT2D eigenvalue weighted by molar-refractivity contribution is -0.385. The van der Waals surface area contributed by atoms with Crippen LogP contribution in [-0.4, -0.2) is 67.7 Å². The molecule has 1 aromatic rings. The average molecular weight is 433 g/mol. The van der Waals surface area contributed by atoms with Crippen molar-refractivity contribution in [1.82, 2.24) is 14.5 Å². The Morgan fingerprint density at radius 1 is 1.32 bits per heavy atom. The van der Waals surface area contributed by atoms with Crippen LogP contribution in [0.2, 0.25) is 0 Å². The topological polar surface area (TPSA) is 113 Å². The van der Waals surface area contributed by atoms with Crippen LogP contribution in [0.5, 0.6) is 0 Å². The maximum Gasteiger partial charge on any atom is 0.270 e. The lowest BCUT2D eigenvalue weighted by Gasteiger charge is -2.27. The third-order valence-corrected chi connectivity index (χ3v) is 7.12. The summed E-state index contributed by atoms with van der Waals surface area (Å²) in [5.74, 6) is 0.210. The van der Waals surface area contributed by atoms with Crippen LogP contribution in [0.25, 0.3) is 0 Å². The number of halogens is 1. The number of carbonyl (C=O) groups is 1. The van der Waals surface area contributed by atoms with Crippen molar-refractivity contribution in [3.63, 3.8) is 0 Å². The van der Waals surface area contributed by atoms with E-state index in [9.17, 15) is 23.3 Å². The molecule has 9 nitrogen and oxygen atoms in total. The van der Waals surface area contributed by atoms with E-state index in [1.54, 1.807) is 4.90 Å². The number of sulfonamides is 1. The zero-order chi connectivity index (χ0) is 19.6. The molecule has 0 aliphatic carbocycles. The number of amides is 1. The van der Waals surface area contributed by atoms with E-state index < -0.39 is 21.0 Å². The van der Waals surface area contributed by atoms with Gasteiger partial charge >= 0.3 is 0 Å². The lowest BCUT2D eigenvalue weighted by atomic mass is 10.1. The van der Waals surface area contributed by atoms with Gasteiger partial charge in [0.15, 0.2) is 0 Å². The minimum absolute atomic E-state index is 0. The van der Waals surface area contributed by atoms with E-state index in [0.29, 0.717) is 31.8 Å². The van der Waals surface area contributed by atoms with Crippen molar-refractivity contribution in [1.29, 1.82) is 0 Å². The molecular formula is C17H25ClN4O5S. The third kappa shape index (κ3) is 4.45. The van der Waals surface area contributed by atoms with E-state index in [4.69, 9.17) is 0 Å². The molecule has 2 atom stereocenters. The number of hydrogen-bond donors (Lipinski definition) is 1. The number of rotatable bonds is 6. The van der Waals surface area contributed by atoms with E-state index in [1.165, 1.54) is 22.5 Å². The molecule has 3 rings (SSSR count). The summed E-state index contributed by atoms with van der Waals surface area (Å²) in [6, 6.07) is 4.25. The van der Waals surface area contributed by atoms with Gasteiger partial charge < -0.3 is 10.2 Å². The standard InChI is InChI=1S/C17H24N4O5S.ClH/c1-18-11-13-7-9-19(12-13)17(22)16-6-3-8-20(16)27(25,26)15-5-2-4-14(10-15)21(23)24;/h2,4-5,10,13,16,18H,3,6-9,11-12H2,1H3;1H. The first-order valence-corrected chi connectivity index (χ1v) is 10.5. The predicted octanol–water partition coefficient (Wildman–Crippen LogP) is 1.24. The Morgan fingerprint density at radius 2 is 2.07 bits per heavy atom. The van der Waals surface area contributed by atoms with Crippen molar-refractivity contribution in [3.05, 3.63) is 34.4 Å². The summed E-state index contributed by atoms with van der Waals surface area (Å²) in [6.07, 6.45) is 1.97. The van der Waals surface area contributed by atoms with Crippen molar-refractivity contribution in [2.45, 2.75) is 30.2 Å². The molecule has 0 spiro atoms. The fourth-order valence-electron chi connectivity index (χ4n) is 3.87. The highest BCUT2D eigenvalue weighted by atomic mass is 35.5. The molecule has 0 saturated carbocycles. The number of non-ortho nitro benzene ring substituents is 1. The van der Waals surface area contributed by atoms with Crippen LogP contribution >= 0.6 is 12.4 Å². The molecular weight excluding hydrogens is 408 g/mol. The Bertz CT molecular complexity index is 835. The van der Waals surface area contributed by atoms with Crippen molar-refractivity contribution < 1.29 is 18.1 Å². The van der Waals surface area contributed by atoms with E-state index in [1.807, 2.05) is 7.05 Å². The first-order chi connectivity index (χ1) is 12.8. The number of nitro benzene ring substituents is 1. The van der Waals surface area contributed by atoms with Gasteiger partial charge in [0.2, 0.25) is 15.9 Å². The summed E-state index contributed by atoms with van der Waals surface area (Å²) in [7, 11) is -2.10. The highest BCUT2D eigenvalue weighted by molar-refractivity contribution is 7.89. The number of hydrogen-bond acceptors (Lipinski definition) is 6. The highest BCUT2D eigenvalue weighted by Gasteiger charge is 2.42. The Balaban J connectivity index is 0.00000280. The molecule has 1 N–H and O–H groups in total. The molecule has 0 radical (unpaired) electrons. The van der Waals surface area contributed by atoms with Gasteiger partial charge in [0.05, 0.1) is 9.82 Å². The first-order valence-electron chi connectivity index (χ1n) is 9.04. The van der Waals surface area contributed by atoms with Crippen molar-refractivity contribution in [2.75, 3.05) is 33.2 Å². The van der Waals surface area contributed by atoms with Gasteiger partial charge in [0.25, 0.3) is 5.69 Å². The van der Waals surface area contributed by atoms with Crippen LogP contribution in [-0.2, 0) is 14.8 Å². The van der Waals surface area contributed by atoms with Gasteiger partial charge in [-0.25, -0.2) is 8.42 Å². The minimum atomic E-state index is -3.97. The predicted molar refractivity (Wildman–Crippen MR) is 106 cm³/mol. The molecule has 0 bridgehead atoms. The summed E-state index contributed by atoms with van der Waals surface area (Å²) in [5, 5.41) is 14.1. The SMILES string of the molecule is CNCC1CCN(C(=O)C2CCCN2S(=O)(=O)c2cccc([N+](=O)[O-])c2)C1.Cl. The fourth-order valence-corrected chi connectivity index (χ4v) is 5.56. The molecule has 2 heterocycles. The van der Waals surface area contributed by atoms with E-state index in [0.717, 1.165) is 19.0 Å². The largest absolute Gasteiger partial charge is 0.341 e. The van der Waals surface area contributed by atoms with Gasteiger partial charge in [-0.15, -0.1) is 12.4 Å². The Kier molecular flexibility index (Phi) is 7.38. The summed E-state index contributed by atoms with van der Waals surface area (Å²) in [4.78, 5) is 24.9.